The molecule has 62 valence electrons. The van der Waals surface area contributed by atoms with Crippen molar-refractivity contribution in [2.75, 3.05) is 13.2 Å². The third-order valence-corrected chi connectivity index (χ3v) is 0.856. The molecule has 11 heavy (non-hydrogen) atoms. The van der Waals surface area contributed by atoms with Crippen LogP contribution < -0.4 is 34.7 Å². The molecule has 0 aliphatic rings. The molecule has 0 fully saturated rings. The molecule has 0 bridgehead atoms. The van der Waals surface area contributed by atoms with E-state index < -0.39 is 6.47 Å². The van der Waals surface area contributed by atoms with E-state index in [2.05, 4.69) is 0 Å². The first kappa shape index (κ1) is 17.5. The van der Waals surface area contributed by atoms with Gasteiger partial charge in [-0.3, -0.25) is 0 Å². The molecular weight excluding hydrogens is 159 g/mol. The van der Waals surface area contributed by atoms with Crippen molar-refractivity contribution in [3.8, 4) is 0 Å². The van der Waals surface area contributed by atoms with Gasteiger partial charge >= 0.3 is 29.6 Å². The second kappa shape index (κ2) is 10.4. The predicted molar refractivity (Wildman–Crippen MR) is 34.0 cm³/mol. The summed E-state index contributed by atoms with van der Waals surface area (Å²) in [4.78, 5) is 8.25. The number of carbonyl (C=O) groups is 1. The van der Waals surface area contributed by atoms with Crippen LogP contribution in [0, 0.1) is 5.41 Å². The van der Waals surface area contributed by atoms with Crippen LogP contribution in [0.3, 0.4) is 0 Å². The molecule has 4 nitrogen and oxygen atoms in total. The summed E-state index contributed by atoms with van der Waals surface area (Å²) in [5, 5.41) is 25.1. The van der Waals surface area contributed by atoms with Crippen molar-refractivity contribution < 1.29 is 49.7 Å². The number of carbonyl (C=O) groups excluding carboxylic acids is 1. The molecule has 5 heteroatoms. The van der Waals surface area contributed by atoms with Crippen LogP contribution in [-0.2, 0) is 4.79 Å². The van der Waals surface area contributed by atoms with E-state index in [1.54, 1.807) is 13.8 Å². The van der Waals surface area contributed by atoms with Crippen LogP contribution in [0.2, 0.25) is 0 Å². The zero-order valence-electron chi connectivity index (χ0n) is 7.20. The number of hydrogen-bond donors (Lipinski definition) is 2. The van der Waals surface area contributed by atoms with E-state index in [-0.39, 0.29) is 48.2 Å². The fourth-order valence-electron chi connectivity index (χ4n) is 0.0500. The molecule has 0 heterocycles. The minimum atomic E-state index is -0.500. The van der Waals surface area contributed by atoms with Crippen LogP contribution >= 0.6 is 0 Å². The average molecular weight is 172 g/mol. The molecule has 0 aromatic heterocycles. The number of aliphatic hydroxyl groups excluding tert-OH is 2. The fraction of sp³-hybridized carbons (Fsp3) is 0.833. The van der Waals surface area contributed by atoms with Gasteiger partial charge in [-0.2, -0.15) is 0 Å². The molecule has 0 rings (SSSR count). The van der Waals surface area contributed by atoms with E-state index in [0.29, 0.717) is 0 Å². The fourth-order valence-corrected chi connectivity index (χ4v) is 0.0500. The molecule has 0 amide bonds. The van der Waals surface area contributed by atoms with Gasteiger partial charge in [-0.15, -0.1) is 0 Å². The van der Waals surface area contributed by atoms with Gasteiger partial charge in [0, 0.05) is 11.9 Å². The van der Waals surface area contributed by atoms with Gasteiger partial charge in [-0.05, 0) is 0 Å². The summed E-state index contributed by atoms with van der Waals surface area (Å²) < 4.78 is 0. The molecule has 0 saturated heterocycles. The van der Waals surface area contributed by atoms with Gasteiger partial charge in [-0.25, -0.2) is 0 Å². The molecule has 0 aliphatic carbocycles. The van der Waals surface area contributed by atoms with Gasteiger partial charge in [0.05, 0.1) is 13.2 Å². The van der Waals surface area contributed by atoms with E-state index in [0.717, 1.165) is 0 Å². The Balaban J connectivity index is -0.000000140. The molecule has 0 aliphatic heterocycles. The Labute approximate surface area is 88.5 Å². The van der Waals surface area contributed by atoms with Crippen molar-refractivity contribution in [3.05, 3.63) is 0 Å². The SMILES string of the molecule is CC(C)(CO)CO.O=C[O-].[Na+]. The molecule has 0 radical (unpaired) electrons. The molecule has 0 saturated carbocycles. The van der Waals surface area contributed by atoms with Crippen molar-refractivity contribution >= 4 is 6.47 Å². The summed E-state index contributed by atoms with van der Waals surface area (Å²) in [6.45, 7) is 3.19. The molecule has 0 aromatic rings. The van der Waals surface area contributed by atoms with Gasteiger partial charge in [-0.1, -0.05) is 13.8 Å². The Kier molecular flexibility index (Phi) is 16.5. The Morgan fingerprint density at radius 2 is 1.55 bits per heavy atom. The Morgan fingerprint density at radius 3 is 1.55 bits per heavy atom. The summed E-state index contributed by atoms with van der Waals surface area (Å²) >= 11 is 0. The third kappa shape index (κ3) is 17.9. The minimum Gasteiger partial charge on any atom is -0.554 e. The number of hydrogen-bond acceptors (Lipinski definition) is 4. The average Bonchev–Trinajstić information content (AvgIpc) is 1.90. The molecule has 0 aromatic carbocycles. The van der Waals surface area contributed by atoms with Gasteiger partial charge in [0.25, 0.3) is 0 Å². The van der Waals surface area contributed by atoms with Gasteiger partial charge in [0.15, 0.2) is 0 Å². The van der Waals surface area contributed by atoms with Gasteiger partial charge in [0.1, 0.15) is 0 Å². The maximum absolute atomic E-state index is 8.43. The molecule has 0 atom stereocenters. The molecule has 0 unspecified atom stereocenters. The Bertz CT molecular complexity index is 78.7. The van der Waals surface area contributed by atoms with E-state index in [1.807, 2.05) is 0 Å². The van der Waals surface area contributed by atoms with Crippen LogP contribution in [0.1, 0.15) is 13.8 Å². The van der Waals surface area contributed by atoms with E-state index in [9.17, 15) is 0 Å². The van der Waals surface area contributed by atoms with Crippen LogP contribution in [0.5, 0.6) is 0 Å². The monoisotopic (exact) mass is 172 g/mol. The van der Waals surface area contributed by atoms with Crippen molar-refractivity contribution in [2.45, 2.75) is 13.8 Å². The first-order valence-electron chi connectivity index (χ1n) is 2.81. The minimum absolute atomic E-state index is 0. The second-order valence-electron chi connectivity index (χ2n) is 2.58. The number of rotatable bonds is 2. The largest absolute Gasteiger partial charge is 1.00 e. The van der Waals surface area contributed by atoms with Crippen LogP contribution in [0.25, 0.3) is 0 Å². The topological polar surface area (TPSA) is 80.6 Å². The first-order chi connectivity index (χ1) is 4.54. The third-order valence-electron chi connectivity index (χ3n) is 0.856. The van der Waals surface area contributed by atoms with Crippen molar-refractivity contribution in [1.82, 2.24) is 0 Å². The normalized spacial score (nSPS) is 8.73. The van der Waals surface area contributed by atoms with Crippen molar-refractivity contribution in [2.24, 2.45) is 5.41 Å². The smallest absolute Gasteiger partial charge is 0.554 e. The summed E-state index contributed by atoms with van der Waals surface area (Å²) in [5.41, 5.74) is -0.306. The van der Waals surface area contributed by atoms with Crippen LogP contribution in [0.4, 0.5) is 0 Å². The maximum atomic E-state index is 8.43. The summed E-state index contributed by atoms with van der Waals surface area (Å²) in [5.74, 6) is 0. The summed E-state index contributed by atoms with van der Waals surface area (Å²) in [7, 11) is 0. The predicted octanol–water partition coefficient (Wildman–Crippen LogP) is -4.63. The maximum Gasteiger partial charge on any atom is 1.00 e. The Hall–Kier alpha value is 0.390. The second-order valence-corrected chi connectivity index (χ2v) is 2.58. The van der Waals surface area contributed by atoms with E-state index in [1.165, 1.54) is 0 Å². The standard InChI is InChI=1S/C5H12O2.CH2O2.Na/c1-5(2,3-6)4-7;2-1-3;/h6-7H,3-4H2,1-2H3;1H,(H,2,3);/q;;+1/p-1. The molecule has 2 N–H and O–H groups in total. The van der Waals surface area contributed by atoms with Crippen molar-refractivity contribution in [1.29, 1.82) is 0 Å². The van der Waals surface area contributed by atoms with Gasteiger partial charge < -0.3 is 20.1 Å². The van der Waals surface area contributed by atoms with E-state index >= 15 is 0 Å². The van der Waals surface area contributed by atoms with Crippen molar-refractivity contribution in [3.63, 3.8) is 0 Å². The number of carboxylic acid groups (broad SMARTS) is 1. The quantitative estimate of drug-likeness (QED) is 0.324. The Morgan fingerprint density at radius 1 is 1.36 bits per heavy atom. The molecule has 0 spiro atoms. The number of aliphatic hydroxyl groups is 2. The zero-order valence-corrected chi connectivity index (χ0v) is 9.20. The first-order valence-corrected chi connectivity index (χ1v) is 2.81. The summed E-state index contributed by atoms with van der Waals surface area (Å²) in [6, 6.07) is 0. The molecular formula is C6H13NaO4. The summed E-state index contributed by atoms with van der Waals surface area (Å²) in [6.07, 6.45) is 0. The van der Waals surface area contributed by atoms with E-state index in [4.69, 9.17) is 20.1 Å². The van der Waals surface area contributed by atoms with Crippen LogP contribution in [0.15, 0.2) is 0 Å². The van der Waals surface area contributed by atoms with Crippen LogP contribution in [-0.4, -0.2) is 29.9 Å². The zero-order chi connectivity index (χ0) is 8.62. The van der Waals surface area contributed by atoms with Gasteiger partial charge in [0.2, 0.25) is 0 Å².